The first kappa shape index (κ1) is 19.1. The number of ether oxygens (including phenoxy) is 1. The number of hydrogen-bond acceptors (Lipinski definition) is 4. The van der Waals surface area contributed by atoms with E-state index in [1.165, 1.54) is 0 Å². The van der Waals surface area contributed by atoms with Gasteiger partial charge in [-0.2, -0.15) is 5.10 Å². The average Bonchev–Trinajstić information content (AvgIpc) is 2.89. The van der Waals surface area contributed by atoms with E-state index in [2.05, 4.69) is 18.8 Å². The normalized spacial score (nSPS) is 11.2. The van der Waals surface area contributed by atoms with Crippen molar-refractivity contribution in [2.24, 2.45) is 0 Å². The summed E-state index contributed by atoms with van der Waals surface area (Å²) in [7, 11) is 0. The summed E-state index contributed by atoms with van der Waals surface area (Å²) in [5, 5.41) is 6.93. The van der Waals surface area contributed by atoms with E-state index in [1.807, 2.05) is 41.9 Å². The first-order chi connectivity index (χ1) is 12.4. The fourth-order valence-corrected chi connectivity index (χ4v) is 4.39. The molecule has 0 atom stereocenters. The SMILES string of the molecule is Cc1nn(C(C)C)c(Sc2cc(Cl)cc(Cl)c2)c1COc1ccccn1. The Kier molecular flexibility index (Phi) is 6.12. The number of rotatable bonds is 6. The fraction of sp³-hybridized carbons (Fsp3) is 0.263. The van der Waals surface area contributed by atoms with Gasteiger partial charge in [0.05, 0.1) is 5.69 Å². The molecule has 26 heavy (non-hydrogen) atoms. The predicted octanol–water partition coefficient (Wildman–Crippen LogP) is 6.20. The van der Waals surface area contributed by atoms with E-state index < -0.39 is 0 Å². The maximum Gasteiger partial charge on any atom is 0.213 e. The van der Waals surface area contributed by atoms with Gasteiger partial charge in [0, 0.05) is 38.8 Å². The number of pyridine rings is 1. The van der Waals surface area contributed by atoms with Gasteiger partial charge in [-0.25, -0.2) is 4.98 Å². The molecule has 0 saturated carbocycles. The van der Waals surface area contributed by atoms with Crippen LogP contribution in [-0.2, 0) is 6.61 Å². The second kappa shape index (κ2) is 8.33. The number of hydrogen-bond donors (Lipinski definition) is 0. The Bertz CT molecular complexity index is 877. The fourth-order valence-electron chi connectivity index (χ4n) is 2.46. The Morgan fingerprint density at radius 2 is 1.88 bits per heavy atom. The van der Waals surface area contributed by atoms with Gasteiger partial charge in [0.15, 0.2) is 0 Å². The van der Waals surface area contributed by atoms with Crippen molar-refractivity contribution in [3.05, 3.63) is 63.9 Å². The van der Waals surface area contributed by atoms with Gasteiger partial charge in [-0.1, -0.05) is 41.0 Å². The molecule has 0 spiro atoms. The van der Waals surface area contributed by atoms with Crippen LogP contribution in [0.25, 0.3) is 0 Å². The minimum atomic E-state index is 0.217. The molecule has 0 saturated heterocycles. The molecular formula is C19H19Cl2N3OS. The summed E-state index contributed by atoms with van der Waals surface area (Å²) < 4.78 is 7.87. The maximum absolute atomic E-state index is 6.15. The quantitative estimate of drug-likeness (QED) is 0.487. The van der Waals surface area contributed by atoms with Crippen LogP contribution in [0.2, 0.25) is 10.0 Å². The predicted molar refractivity (Wildman–Crippen MR) is 107 cm³/mol. The van der Waals surface area contributed by atoms with E-state index in [9.17, 15) is 0 Å². The first-order valence-electron chi connectivity index (χ1n) is 8.20. The van der Waals surface area contributed by atoms with Crippen molar-refractivity contribution < 1.29 is 4.74 Å². The first-order valence-corrected chi connectivity index (χ1v) is 9.77. The van der Waals surface area contributed by atoms with E-state index in [4.69, 9.17) is 33.0 Å². The average molecular weight is 408 g/mol. The Labute approximate surface area is 167 Å². The zero-order valence-electron chi connectivity index (χ0n) is 14.7. The smallest absolute Gasteiger partial charge is 0.213 e. The molecule has 3 aromatic rings. The van der Waals surface area contributed by atoms with Crippen molar-refractivity contribution >= 4 is 35.0 Å². The second-order valence-corrected chi connectivity index (χ2v) is 8.01. The van der Waals surface area contributed by atoms with Crippen LogP contribution >= 0.6 is 35.0 Å². The zero-order valence-corrected chi connectivity index (χ0v) is 17.1. The molecule has 7 heteroatoms. The standard InChI is InChI=1S/C19H19Cl2N3OS/c1-12(2)24-19(26-16-9-14(20)8-15(21)10-16)17(13(3)23-24)11-25-18-6-4-5-7-22-18/h4-10,12H,11H2,1-3H3. The van der Waals surface area contributed by atoms with Crippen molar-refractivity contribution in [1.82, 2.24) is 14.8 Å². The van der Waals surface area contributed by atoms with Gasteiger partial charge in [0.25, 0.3) is 0 Å². The molecule has 0 aliphatic rings. The molecule has 3 rings (SSSR count). The third-order valence-electron chi connectivity index (χ3n) is 3.70. The van der Waals surface area contributed by atoms with E-state index in [-0.39, 0.29) is 6.04 Å². The Balaban J connectivity index is 1.93. The molecule has 136 valence electrons. The number of halogens is 2. The van der Waals surface area contributed by atoms with Gasteiger partial charge in [-0.05, 0) is 45.0 Å². The molecule has 0 N–H and O–H groups in total. The van der Waals surface area contributed by atoms with Crippen molar-refractivity contribution in [2.45, 2.75) is 43.3 Å². The van der Waals surface area contributed by atoms with Crippen LogP contribution in [0.4, 0.5) is 0 Å². The minimum absolute atomic E-state index is 0.217. The molecule has 0 aliphatic heterocycles. The van der Waals surface area contributed by atoms with E-state index in [0.29, 0.717) is 22.5 Å². The van der Waals surface area contributed by atoms with Crippen LogP contribution in [0.5, 0.6) is 5.88 Å². The van der Waals surface area contributed by atoms with Gasteiger partial charge in [-0.15, -0.1) is 0 Å². The molecule has 0 unspecified atom stereocenters. The van der Waals surface area contributed by atoms with Crippen LogP contribution in [0, 0.1) is 6.92 Å². The monoisotopic (exact) mass is 407 g/mol. The summed E-state index contributed by atoms with van der Waals surface area (Å²) in [4.78, 5) is 5.17. The third-order valence-corrected chi connectivity index (χ3v) is 5.24. The highest BCUT2D eigenvalue weighted by molar-refractivity contribution is 7.99. The summed E-state index contributed by atoms with van der Waals surface area (Å²) in [5.41, 5.74) is 1.97. The minimum Gasteiger partial charge on any atom is -0.473 e. The van der Waals surface area contributed by atoms with Crippen molar-refractivity contribution in [3.8, 4) is 5.88 Å². The zero-order chi connectivity index (χ0) is 18.7. The molecule has 0 aliphatic carbocycles. The summed E-state index contributed by atoms with van der Waals surface area (Å²) >= 11 is 13.9. The lowest BCUT2D eigenvalue weighted by atomic mass is 10.3. The van der Waals surface area contributed by atoms with Gasteiger partial charge in [0.1, 0.15) is 11.6 Å². The second-order valence-electron chi connectivity index (χ2n) is 6.07. The third kappa shape index (κ3) is 4.53. The van der Waals surface area contributed by atoms with Gasteiger partial charge >= 0.3 is 0 Å². The van der Waals surface area contributed by atoms with Crippen LogP contribution in [0.15, 0.2) is 52.5 Å². The lowest BCUT2D eigenvalue weighted by molar-refractivity contribution is 0.289. The number of nitrogens with zero attached hydrogens (tertiary/aromatic N) is 3. The molecule has 2 aromatic heterocycles. The van der Waals surface area contributed by atoms with E-state index >= 15 is 0 Å². The molecule has 0 radical (unpaired) electrons. The highest BCUT2D eigenvalue weighted by Gasteiger charge is 2.19. The van der Waals surface area contributed by atoms with Crippen LogP contribution in [-0.4, -0.2) is 14.8 Å². The summed E-state index contributed by atoms with van der Waals surface area (Å²) in [6.07, 6.45) is 1.71. The van der Waals surface area contributed by atoms with Crippen LogP contribution in [0.3, 0.4) is 0 Å². The largest absolute Gasteiger partial charge is 0.473 e. The lowest BCUT2D eigenvalue weighted by Crippen LogP contribution is -2.05. The molecular weight excluding hydrogens is 389 g/mol. The summed E-state index contributed by atoms with van der Waals surface area (Å²) in [6, 6.07) is 11.3. The van der Waals surface area contributed by atoms with Crippen molar-refractivity contribution in [3.63, 3.8) is 0 Å². The number of aromatic nitrogens is 3. The highest BCUT2D eigenvalue weighted by atomic mass is 35.5. The number of aryl methyl sites for hydroxylation is 1. The summed E-state index contributed by atoms with van der Waals surface area (Å²) in [6.45, 7) is 6.59. The Hall–Kier alpha value is -1.69. The topological polar surface area (TPSA) is 39.9 Å². The van der Waals surface area contributed by atoms with E-state index in [1.54, 1.807) is 24.0 Å². The Morgan fingerprint density at radius 3 is 2.50 bits per heavy atom. The molecule has 2 heterocycles. The molecule has 1 aromatic carbocycles. The maximum atomic E-state index is 6.15. The van der Waals surface area contributed by atoms with Gasteiger partial charge in [0.2, 0.25) is 5.88 Å². The van der Waals surface area contributed by atoms with Crippen molar-refractivity contribution in [2.75, 3.05) is 0 Å². The van der Waals surface area contributed by atoms with Crippen molar-refractivity contribution in [1.29, 1.82) is 0 Å². The Morgan fingerprint density at radius 1 is 1.15 bits per heavy atom. The lowest BCUT2D eigenvalue weighted by Gasteiger charge is -2.13. The summed E-state index contributed by atoms with van der Waals surface area (Å²) in [5.74, 6) is 0.589. The van der Waals surface area contributed by atoms with Crippen LogP contribution < -0.4 is 4.74 Å². The van der Waals surface area contributed by atoms with Gasteiger partial charge < -0.3 is 4.74 Å². The molecule has 0 bridgehead atoms. The van der Waals surface area contributed by atoms with Gasteiger partial charge in [-0.3, -0.25) is 4.68 Å². The van der Waals surface area contributed by atoms with E-state index in [0.717, 1.165) is 21.2 Å². The highest BCUT2D eigenvalue weighted by Crippen LogP contribution is 2.36. The molecule has 4 nitrogen and oxygen atoms in total. The molecule has 0 fully saturated rings. The molecule has 0 amide bonds. The van der Waals surface area contributed by atoms with Crippen LogP contribution in [0.1, 0.15) is 31.1 Å². The number of benzene rings is 1.